The molecule has 0 aromatic heterocycles. The van der Waals surface area contributed by atoms with Crippen molar-refractivity contribution < 1.29 is 10.2 Å². The van der Waals surface area contributed by atoms with E-state index in [4.69, 9.17) is 10.2 Å². The van der Waals surface area contributed by atoms with Gasteiger partial charge in [0, 0.05) is 4.83 Å². The molecule has 1 rings (SSSR count). The monoisotopic (exact) mass is 194 g/mol. The minimum absolute atomic E-state index is 0.0984. The summed E-state index contributed by atoms with van der Waals surface area (Å²) in [5.41, 5.74) is 0. The highest BCUT2D eigenvalue weighted by molar-refractivity contribution is 9.09. The number of alkyl halides is 1. The Labute approximate surface area is 63.0 Å². The zero-order valence-corrected chi connectivity index (χ0v) is 6.71. The molecule has 1 unspecified atom stereocenters. The first-order valence-corrected chi connectivity index (χ1v) is 4.13. The third-order valence-electron chi connectivity index (χ3n) is 1.74. The first-order valence-electron chi connectivity index (χ1n) is 3.22. The van der Waals surface area contributed by atoms with Crippen LogP contribution in [0.3, 0.4) is 0 Å². The number of hydrogen-bond donors (Lipinski definition) is 2. The van der Waals surface area contributed by atoms with Crippen molar-refractivity contribution >= 4 is 15.9 Å². The van der Waals surface area contributed by atoms with Crippen LogP contribution in [0.1, 0.15) is 19.3 Å². The third-order valence-corrected chi connectivity index (χ3v) is 2.74. The van der Waals surface area contributed by atoms with Gasteiger partial charge in [-0.15, -0.1) is 0 Å². The molecule has 0 amide bonds. The molecule has 0 heterocycles. The summed E-state index contributed by atoms with van der Waals surface area (Å²) >= 11 is 3.28. The predicted molar refractivity (Wildman–Crippen MR) is 38.6 cm³/mol. The number of aliphatic hydroxyl groups is 2. The van der Waals surface area contributed by atoms with E-state index in [0.29, 0.717) is 0 Å². The van der Waals surface area contributed by atoms with Gasteiger partial charge in [-0.3, -0.25) is 0 Å². The van der Waals surface area contributed by atoms with Crippen molar-refractivity contribution in [3.63, 3.8) is 0 Å². The van der Waals surface area contributed by atoms with Gasteiger partial charge < -0.3 is 10.2 Å². The molecular formula is C6H11BrO2. The van der Waals surface area contributed by atoms with Crippen molar-refractivity contribution in [1.82, 2.24) is 0 Å². The molecule has 0 saturated heterocycles. The lowest BCUT2D eigenvalue weighted by molar-refractivity contribution is -0.00306. The topological polar surface area (TPSA) is 40.5 Å². The second-order valence-electron chi connectivity index (χ2n) is 2.50. The van der Waals surface area contributed by atoms with E-state index in [9.17, 15) is 0 Å². The van der Waals surface area contributed by atoms with Crippen LogP contribution < -0.4 is 0 Å². The van der Waals surface area contributed by atoms with Crippen LogP contribution in [-0.4, -0.2) is 27.2 Å². The number of halogens is 1. The molecule has 2 nitrogen and oxygen atoms in total. The van der Waals surface area contributed by atoms with Crippen LogP contribution in [-0.2, 0) is 0 Å². The molecule has 3 atom stereocenters. The lowest BCUT2D eigenvalue weighted by Crippen LogP contribution is -2.37. The van der Waals surface area contributed by atoms with Gasteiger partial charge >= 0.3 is 0 Å². The summed E-state index contributed by atoms with van der Waals surface area (Å²) in [6, 6.07) is 0. The Balaban J connectivity index is 2.41. The molecule has 54 valence electrons. The fourth-order valence-corrected chi connectivity index (χ4v) is 1.78. The van der Waals surface area contributed by atoms with E-state index in [2.05, 4.69) is 15.9 Å². The van der Waals surface area contributed by atoms with E-state index in [-0.39, 0.29) is 4.83 Å². The Morgan fingerprint density at radius 3 is 2.33 bits per heavy atom. The van der Waals surface area contributed by atoms with E-state index in [1.807, 2.05) is 0 Å². The fourth-order valence-electron chi connectivity index (χ4n) is 1.10. The summed E-state index contributed by atoms with van der Waals surface area (Å²) in [5, 5.41) is 18.2. The fraction of sp³-hybridized carbons (Fsp3) is 1.00. The molecular weight excluding hydrogens is 184 g/mol. The minimum atomic E-state index is -0.557. The maximum absolute atomic E-state index is 9.15. The first-order chi connectivity index (χ1) is 4.22. The molecule has 3 heteroatoms. The van der Waals surface area contributed by atoms with Crippen LogP contribution in [0.15, 0.2) is 0 Å². The largest absolute Gasteiger partial charge is 0.390 e. The summed E-state index contributed by atoms with van der Waals surface area (Å²) in [7, 11) is 0. The molecule has 0 aliphatic heterocycles. The van der Waals surface area contributed by atoms with Crippen molar-refractivity contribution in [3.05, 3.63) is 0 Å². The van der Waals surface area contributed by atoms with Gasteiger partial charge in [0.2, 0.25) is 0 Å². The Bertz CT molecular complexity index is 87.1. The zero-order chi connectivity index (χ0) is 6.85. The van der Waals surface area contributed by atoms with Gasteiger partial charge in [0.15, 0.2) is 0 Å². The Kier molecular flexibility index (Phi) is 2.50. The number of aliphatic hydroxyl groups excluding tert-OH is 2. The van der Waals surface area contributed by atoms with Crippen molar-refractivity contribution in [2.45, 2.75) is 36.3 Å². The Morgan fingerprint density at radius 1 is 1.22 bits per heavy atom. The van der Waals surface area contributed by atoms with Gasteiger partial charge in [-0.25, -0.2) is 0 Å². The summed E-state index contributed by atoms with van der Waals surface area (Å²) in [6.45, 7) is 0. The Hall–Kier alpha value is 0.400. The molecule has 1 fully saturated rings. The van der Waals surface area contributed by atoms with Gasteiger partial charge in [-0.2, -0.15) is 0 Å². The van der Waals surface area contributed by atoms with E-state index in [1.165, 1.54) is 0 Å². The standard InChI is InChI=1S/C6H11BrO2/c7-4-2-1-3-5(8)6(4)9/h4-6,8-9H,1-3H2/t4-,5?,6+/m1/s1. The average molecular weight is 195 g/mol. The number of hydrogen-bond acceptors (Lipinski definition) is 2. The third kappa shape index (κ3) is 1.66. The highest BCUT2D eigenvalue weighted by Gasteiger charge is 2.27. The normalized spacial score (nSPS) is 45.0. The van der Waals surface area contributed by atoms with Crippen molar-refractivity contribution in [3.8, 4) is 0 Å². The van der Waals surface area contributed by atoms with Crippen LogP contribution in [0, 0.1) is 0 Å². The highest BCUT2D eigenvalue weighted by atomic mass is 79.9. The first kappa shape index (κ1) is 7.51. The predicted octanol–water partition coefficient (Wildman–Crippen LogP) is 0.656. The summed E-state index contributed by atoms with van der Waals surface area (Å²) in [4.78, 5) is 0.0984. The van der Waals surface area contributed by atoms with E-state index in [0.717, 1.165) is 19.3 Å². The average Bonchev–Trinajstić information content (AvgIpc) is 1.83. The van der Waals surface area contributed by atoms with Crippen LogP contribution in [0.25, 0.3) is 0 Å². The smallest absolute Gasteiger partial charge is 0.0923 e. The Morgan fingerprint density at radius 2 is 1.89 bits per heavy atom. The van der Waals surface area contributed by atoms with E-state index >= 15 is 0 Å². The zero-order valence-electron chi connectivity index (χ0n) is 5.13. The van der Waals surface area contributed by atoms with E-state index in [1.54, 1.807) is 0 Å². The lowest BCUT2D eigenvalue weighted by atomic mass is 9.95. The highest BCUT2D eigenvalue weighted by Crippen LogP contribution is 2.24. The quantitative estimate of drug-likeness (QED) is 0.557. The van der Waals surface area contributed by atoms with Crippen LogP contribution >= 0.6 is 15.9 Å². The molecule has 1 saturated carbocycles. The van der Waals surface area contributed by atoms with Gasteiger partial charge in [0.1, 0.15) is 0 Å². The van der Waals surface area contributed by atoms with Gasteiger partial charge in [0.25, 0.3) is 0 Å². The SMILES string of the molecule is OC1CCC[C@@H](Br)[C@@H]1O. The second-order valence-corrected chi connectivity index (χ2v) is 3.68. The van der Waals surface area contributed by atoms with E-state index < -0.39 is 12.2 Å². The lowest BCUT2D eigenvalue weighted by Gasteiger charge is -2.27. The van der Waals surface area contributed by atoms with Crippen molar-refractivity contribution in [2.75, 3.05) is 0 Å². The summed E-state index contributed by atoms with van der Waals surface area (Å²) < 4.78 is 0. The second kappa shape index (κ2) is 2.99. The molecule has 0 radical (unpaired) electrons. The van der Waals surface area contributed by atoms with Crippen molar-refractivity contribution in [2.24, 2.45) is 0 Å². The van der Waals surface area contributed by atoms with Gasteiger partial charge in [-0.1, -0.05) is 15.9 Å². The molecule has 1 aliphatic carbocycles. The van der Waals surface area contributed by atoms with Gasteiger partial charge in [0.05, 0.1) is 12.2 Å². The molecule has 2 N–H and O–H groups in total. The molecule has 0 aromatic rings. The summed E-state index contributed by atoms with van der Waals surface area (Å²) in [5.74, 6) is 0. The molecule has 0 bridgehead atoms. The van der Waals surface area contributed by atoms with Crippen LogP contribution in [0.4, 0.5) is 0 Å². The molecule has 1 aliphatic rings. The molecule has 9 heavy (non-hydrogen) atoms. The summed E-state index contributed by atoms with van der Waals surface area (Å²) in [6.07, 6.45) is 1.65. The minimum Gasteiger partial charge on any atom is -0.390 e. The van der Waals surface area contributed by atoms with Crippen LogP contribution in [0.2, 0.25) is 0 Å². The van der Waals surface area contributed by atoms with Crippen LogP contribution in [0.5, 0.6) is 0 Å². The van der Waals surface area contributed by atoms with Gasteiger partial charge in [-0.05, 0) is 19.3 Å². The maximum atomic E-state index is 9.15. The molecule has 0 aromatic carbocycles. The number of rotatable bonds is 0. The molecule has 0 spiro atoms. The van der Waals surface area contributed by atoms with Crippen molar-refractivity contribution in [1.29, 1.82) is 0 Å². The maximum Gasteiger partial charge on any atom is 0.0923 e.